The van der Waals surface area contributed by atoms with Crippen LogP contribution in [0.1, 0.15) is 22.5 Å². The standard InChI is InChI=1S/C20H17ClN4O/c21-15-7-9-16(10-8-15)22-19-12-11-17(23-24-19)20(26)25-13-3-5-14-4-1-2-6-18(14)25/h1-2,4,6-12H,3,5,13H2,(H,22,24). The lowest BCUT2D eigenvalue weighted by Crippen LogP contribution is -2.36. The molecule has 130 valence electrons. The minimum Gasteiger partial charge on any atom is -0.339 e. The zero-order valence-electron chi connectivity index (χ0n) is 14.0. The topological polar surface area (TPSA) is 58.1 Å². The van der Waals surface area contributed by atoms with Crippen molar-refractivity contribution in [3.8, 4) is 0 Å². The molecule has 0 spiro atoms. The van der Waals surface area contributed by atoms with Crippen LogP contribution in [0.4, 0.5) is 17.2 Å². The second-order valence-corrected chi connectivity index (χ2v) is 6.56. The molecule has 5 nitrogen and oxygen atoms in total. The SMILES string of the molecule is O=C(c1ccc(Nc2ccc(Cl)cc2)nn1)N1CCCc2ccccc21. The molecule has 0 aliphatic carbocycles. The highest BCUT2D eigenvalue weighted by atomic mass is 35.5. The number of hydrogen-bond acceptors (Lipinski definition) is 4. The highest BCUT2D eigenvalue weighted by Gasteiger charge is 2.24. The van der Waals surface area contributed by atoms with Crippen LogP contribution in [-0.2, 0) is 6.42 Å². The van der Waals surface area contributed by atoms with E-state index in [1.807, 2.05) is 30.3 Å². The van der Waals surface area contributed by atoms with Gasteiger partial charge in [-0.1, -0.05) is 29.8 Å². The first-order chi connectivity index (χ1) is 12.7. The highest BCUT2D eigenvalue weighted by Crippen LogP contribution is 2.27. The Bertz CT molecular complexity index is 925. The third-order valence-electron chi connectivity index (χ3n) is 4.36. The summed E-state index contributed by atoms with van der Waals surface area (Å²) < 4.78 is 0. The van der Waals surface area contributed by atoms with E-state index in [1.165, 1.54) is 5.56 Å². The van der Waals surface area contributed by atoms with E-state index in [1.54, 1.807) is 29.2 Å². The van der Waals surface area contributed by atoms with Crippen LogP contribution in [0.2, 0.25) is 5.02 Å². The van der Waals surface area contributed by atoms with Gasteiger partial charge in [-0.2, -0.15) is 0 Å². The van der Waals surface area contributed by atoms with Gasteiger partial charge in [0, 0.05) is 22.9 Å². The average molecular weight is 365 g/mol. The molecule has 0 fully saturated rings. The number of aromatic nitrogens is 2. The minimum atomic E-state index is -0.123. The maximum absolute atomic E-state index is 12.9. The van der Waals surface area contributed by atoms with Crippen LogP contribution in [-0.4, -0.2) is 22.6 Å². The summed E-state index contributed by atoms with van der Waals surface area (Å²) in [6.45, 7) is 0.697. The van der Waals surface area contributed by atoms with Crippen LogP contribution >= 0.6 is 11.6 Å². The molecule has 2 heterocycles. The Morgan fingerprint density at radius 2 is 1.81 bits per heavy atom. The molecule has 1 amide bonds. The fraction of sp³-hybridized carbons (Fsp3) is 0.150. The number of nitrogens with one attached hydrogen (secondary N) is 1. The molecule has 0 atom stereocenters. The van der Waals surface area contributed by atoms with Gasteiger partial charge < -0.3 is 10.2 Å². The fourth-order valence-corrected chi connectivity index (χ4v) is 3.20. The molecule has 6 heteroatoms. The van der Waals surface area contributed by atoms with Crippen molar-refractivity contribution < 1.29 is 4.79 Å². The van der Waals surface area contributed by atoms with E-state index in [9.17, 15) is 4.79 Å². The van der Waals surface area contributed by atoms with Crippen LogP contribution in [0.15, 0.2) is 60.7 Å². The summed E-state index contributed by atoms with van der Waals surface area (Å²) >= 11 is 5.88. The van der Waals surface area contributed by atoms with Gasteiger partial charge in [0.2, 0.25) is 0 Å². The fourth-order valence-electron chi connectivity index (χ4n) is 3.08. The first kappa shape index (κ1) is 16.5. The summed E-state index contributed by atoms with van der Waals surface area (Å²) in [7, 11) is 0. The number of fused-ring (bicyclic) bond motifs is 1. The Balaban J connectivity index is 1.52. The number of carbonyl (C=O) groups is 1. The summed E-state index contributed by atoms with van der Waals surface area (Å²) in [6.07, 6.45) is 1.95. The second-order valence-electron chi connectivity index (χ2n) is 6.12. The van der Waals surface area contributed by atoms with Gasteiger partial charge in [0.1, 0.15) is 0 Å². The van der Waals surface area contributed by atoms with Crippen molar-refractivity contribution in [1.82, 2.24) is 10.2 Å². The van der Waals surface area contributed by atoms with E-state index in [0.29, 0.717) is 23.1 Å². The maximum atomic E-state index is 12.9. The van der Waals surface area contributed by atoms with Gasteiger partial charge in [0.05, 0.1) is 0 Å². The molecule has 0 bridgehead atoms. The van der Waals surface area contributed by atoms with Crippen molar-refractivity contribution in [2.24, 2.45) is 0 Å². The lowest BCUT2D eigenvalue weighted by Gasteiger charge is -2.29. The second kappa shape index (κ2) is 7.14. The van der Waals surface area contributed by atoms with Crippen molar-refractivity contribution in [2.75, 3.05) is 16.8 Å². The number of halogens is 1. The molecular formula is C20H17ClN4O. The van der Waals surface area contributed by atoms with Crippen molar-refractivity contribution in [2.45, 2.75) is 12.8 Å². The smallest absolute Gasteiger partial charge is 0.278 e. The van der Waals surface area contributed by atoms with Crippen LogP contribution in [0, 0.1) is 0 Å². The van der Waals surface area contributed by atoms with Gasteiger partial charge >= 0.3 is 0 Å². The van der Waals surface area contributed by atoms with E-state index in [2.05, 4.69) is 21.6 Å². The van der Waals surface area contributed by atoms with E-state index in [-0.39, 0.29) is 5.91 Å². The molecule has 1 aliphatic heterocycles. The Hall–Kier alpha value is -2.92. The number of carbonyl (C=O) groups excluding carboxylic acids is 1. The van der Waals surface area contributed by atoms with Crippen LogP contribution in [0.3, 0.4) is 0 Å². The molecule has 0 unspecified atom stereocenters. The van der Waals surface area contributed by atoms with Crippen LogP contribution in [0.25, 0.3) is 0 Å². The third kappa shape index (κ3) is 3.39. The van der Waals surface area contributed by atoms with Gasteiger partial charge in [0.15, 0.2) is 11.5 Å². The summed E-state index contributed by atoms with van der Waals surface area (Å²) in [6, 6.07) is 18.8. The molecule has 0 saturated heterocycles. The molecule has 2 aromatic carbocycles. The van der Waals surface area contributed by atoms with Crippen molar-refractivity contribution in [3.63, 3.8) is 0 Å². The molecule has 0 radical (unpaired) electrons. The molecule has 0 saturated carbocycles. The van der Waals surface area contributed by atoms with Gasteiger partial charge in [0.25, 0.3) is 5.91 Å². The number of para-hydroxylation sites is 1. The van der Waals surface area contributed by atoms with Crippen molar-refractivity contribution in [1.29, 1.82) is 0 Å². The lowest BCUT2D eigenvalue weighted by molar-refractivity contribution is 0.0979. The number of hydrogen-bond donors (Lipinski definition) is 1. The average Bonchev–Trinajstić information content (AvgIpc) is 2.69. The van der Waals surface area contributed by atoms with Crippen LogP contribution in [0.5, 0.6) is 0 Å². The summed E-state index contributed by atoms with van der Waals surface area (Å²) in [5.74, 6) is 0.450. The maximum Gasteiger partial charge on any atom is 0.278 e. The van der Waals surface area contributed by atoms with Gasteiger partial charge in [-0.15, -0.1) is 10.2 Å². The van der Waals surface area contributed by atoms with Gasteiger partial charge in [-0.25, -0.2) is 0 Å². The molecular weight excluding hydrogens is 348 g/mol. The van der Waals surface area contributed by atoms with Crippen molar-refractivity contribution in [3.05, 3.63) is 76.9 Å². The van der Waals surface area contributed by atoms with E-state index in [4.69, 9.17) is 11.6 Å². The zero-order valence-corrected chi connectivity index (χ0v) is 14.8. The first-order valence-corrected chi connectivity index (χ1v) is 8.84. The quantitative estimate of drug-likeness (QED) is 0.745. The Labute approximate surface area is 156 Å². The zero-order chi connectivity index (χ0) is 17.9. The Kier molecular flexibility index (Phi) is 4.54. The predicted molar refractivity (Wildman–Crippen MR) is 103 cm³/mol. The molecule has 1 aromatic heterocycles. The van der Waals surface area contributed by atoms with Gasteiger partial charge in [-0.3, -0.25) is 4.79 Å². The Morgan fingerprint density at radius 3 is 2.58 bits per heavy atom. The molecule has 1 aliphatic rings. The largest absolute Gasteiger partial charge is 0.339 e. The third-order valence-corrected chi connectivity index (χ3v) is 4.61. The highest BCUT2D eigenvalue weighted by molar-refractivity contribution is 6.30. The number of benzene rings is 2. The number of amides is 1. The minimum absolute atomic E-state index is 0.123. The van der Waals surface area contributed by atoms with E-state index < -0.39 is 0 Å². The first-order valence-electron chi connectivity index (χ1n) is 8.47. The monoisotopic (exact) mass is 364 g/mol. The van der Waals surface area contributed by atoms with E-state index in [0.717, 1.165) is 24.2 Å². The molecule has 1 N–H and O–H groups in total. The van der Waals surface area contributed by atoms with Crippen molar-refractivity contribution >= 4 is 34.7 Å². The number of nitrogens with zero attached hydrogens (tertiary/aromatic N) is 3. The summed E-state index contributed by atoms with van der Waals surface area (Å²) in [4.78, 5) is 14.6. The Morgan fingerprint density at radius 1 is 1.00 bits per heavy atom. The number of aryl methyl sites for hydroxylation is 1. The lowest BCUT2D eigenvalue weighted by atomic mass is 10.0. The normalized spacial score (nSPS) is 13.2. The number of rotatable bonds is 3. The molecule has 26 heavy (non-hydrogen) atoms. The number of anilines is 3. The van der Waals surface area contributed by atoms with E-state index >= 15 is 0 Å². The molecule has 4 rings (SSSR count). The summed E-state index contributed by atoms with van der Waals surface area (Å²) in [5.41, 5.74) is 3.35. The summed E-state index contributed by atoms with van der Waals surface area (Å²) in [5, 5.41) is 12.0. The van der Waals surface area contributed by atoms with Gasteiger partial charge in [-0.05, 0) is 60.9 Å². The van der Waals surface area contributed by atoms with Crippen LogP contribution < -0.4 is 10.2 Å². The molecule has 3 aromatic rings. The predicted octanol–water partition coefficient (Wildman–Crippen LogP) is 4.47.